The van der Waals surface area contributed by atoms with Crippen LogP contribution in [-0.2, 0) is 4.79 Å². The highest BCUT2D eigenvalue weighted by atomic mass is 19.2. The van der Waals surface area contributed by atoms with Crippen molar-refractivity contribution in [3.8, 4) is 5.75 Å². The van der Waals surface area contributed by atoms with Gasteiger partial charge in [-0.3, -0.25) is 9.78 Å². The van der Waals surface area contributed by atoms with Gasteiger partial charge < -0.3 is 20.1 Å². The molecule has 0 spiro atoms. The van der Waals surface area contributed by atoms with Crippen LogP contribution in [0.25, 0.3) is 10.9 Å². The topological polar surface area (TPSA) is 74.7 Å². The Morgan fingerprint density at radius 2 is 1.82 bits per heavy atom. The van der Waals surface area contributed by atoms with Crippen LogP contribution >= 0.6 is 0 Å². The SMILES string of the molecule is COc1ccc2ncc(F)c(C(F)CCC3(C(=O)O)CCN(CCNc4c(F)cc(F)cc4F)CC3)c2c1. The van der Waals surface area contributed by atoms with E-state index in [9.17, 15) is 27.5 Å². The van der Waals surface area contributed by atoms with E-state index in [0.717, 1.165) is 6.20 Å². The predicted molar refractivity (Wildman–Crippen MR) is 132 cm³/mol. The molecule has 1 saturated heterocycles. The molecule has 0 bridgehead atoms. The average molecular weight is 538 g/mol. The molecule has 1 atom stereocenters. The largest absolute Gasteiger partial charge is 0.497 e. The molecule has 6 nitrogen and oxygen atoms in total. The summed E-state index contributed by atoms with van der Waals surface area (Å²) in [5.74, 6) is -4.51. The van der Waals surface area contributed by atoms with Crippen molar-refractivity contribution in [3.63, 3.8) is 0 Å². The van der Waals surface area contributed by atoms with Crippen LogP contribution in [-0.4, -0.2) is 54.2 Å². The first kappa shape index (κ1) is 27.6. The van der Waals surface area contributed by atoms with Gasteiger partial charge in [0, 0.05) is 36.2 Å². The van der Waals surface area contributed by atoms with Gasteiger partial charge in [0.15, 0.2) is 11.6 Å². The van der Waals surface area contributed by atoms with E-state index in [0.29, 0.717) is 43.0 Å². The zero-order valence-corrected chi connectivity index (χ0v) is 20.7. The molecule has 1 aliphatic rings. The van der Waals surface area contributed by atoms with E-state index in [1.54, 1.807) is 12.1 Å². The lowest BCUT2D eigenvalue weighted by atomic mass is 9.74. The number of likely N-dealkylation sites (tertiary alicyclic amines) is 1. The lowest BCUT2D eigenvalue weighted by Crippen LogP contribution is -2.45. The minimum atomic E-state index is -1.74. The minimum absolute atomic E-state index is 0.00875. The summed E-state index contributed by atoms with van der Waals surface area (Å²) in [6, 6.07) is 5.92. The highest BCUT2D eigenvalue weighted by molar-refractivity contribution is 5.84. The second-order valence-corrected chi connectivity index (χ2v) is 9.51. The number of pyridine rings is 1. The van der Waals surface area contributed by atoms with Crippen LogP contribution in [0.15, 0.2) is 36.5 Å². The van der Waals surface area contributed by atoms with Crippen molar-refractivity contribution in [2.24, 2.45) is 5.41 Å². The van der Waals surface area contributed by atoms with Gasteiger partial charge in [0.25, 0.3) is 0 Å². The molecule has 38 heavy (non-hydrogen) atoms. The first-order chi connectivity index (χ1) is 18.1. The normalized spacial score (nSPS) is 16.4. The zero-order chi connectivity index (χ0) is 27.4. The van der Waals surface area contributed by atoms with Gasteiger partial charge in [0.1, 0.15) is 29.2 Å². The van der Waals surface area contributed by atoms with Gasteiger partial charge >= 0.3 is 5.97 Å². The number of alkyl halides is 1. The molecule has 0 amide bonds. The fourth-order valence-corrected chi connectivity index (χ4v) is 4.99. The second-order valence-electron chi connectivity index (χ2n) is 9.51. The number of anilines is 1. The Morgan fingerprint density at radius 3 is 2.45 bits per heavy atom. The Morgan fingerprint density at radius 1 is 1.13 bits per heavy atom. The van der Waals surface area contributed by atoms with E-state index < -0.39 is 46.5 Å². The molecule has 2 heterocycles. The quantitative estimate of drug-likeness (QED) is 0.315. The van der Waals surface area contributed by atoms with Gasteiger partial charge in [-0.1, -0.05) is 0 Å². The van der Waals surface area contributed by atoms with E-state index in [1.807, 2.05) is 4.90 Å². The van der Waals surface area contributed by atoms with Crippen molar-refractivity contribution in [1.29, 1.82) is 0 Å². The maximum Gasteiger partial charge on any atom is 0.309 e. The number of rotatable bonds is 10. The summed E-state index contributed by atoms with van der Waals surface area (Å²) in [5, 5.41) is 12.9. The van der Waals surface area contributed by atoms with Crippen LogP contribution in [0.4, 0.5) is 27.6 Å². The third-order valence-corrected chi connectivity index (χ3v) is 7.26. The summed E-state index contributed by atoms with van der Waals surface area (Å²) in [4.78, 5) is 18.2. The molecule has 0 radical (unpaired) electrons. The summed E-state index contributed by atoms with van der Waals surface area (Å²) in [5.41, 5.74) is -1.37. The number of hydrogen-bond acceptors (Lipinski definition) is 5. The van der Waals surface area contributed by atoms with E-state index in [1.165, 1.54) is 13.2 Å². The van der Waals surface area contributed by atoms with E-state index in [2.05, 4.69) is 10.3 Å². The number of carboxylic acids is 1. The minimum Gasteiger partial charge on any atom is -0.497 e. The molecule has 204 valence electrons. The Kier molecular flexibility index (Phi) is 8.35. The van der Waals surface area contributed by atoms with E-state index >= 15 is 4.39 Å². The number of carbonyl (C=O) groups is 1. The van der Waals surface area contributed by atoms with Crippen LogP contribution in [0.5, 0.6) is 5.75 Å². The average Bonchev–Trinajstić information content (AvgIpc) is 2.89. The van der Waals surface area contributed by atoms with Crippen LogP contribution in [0.3, 0.4) is 0 Å². The molecule has 0 aliphatic carbocycles. The summed E-state index contributed by atoms with van der Waals surface area (Å²) in [7, 11) is 1.44. The fraction of sp³-hybridized carbons (Fsp3) is 0.407. The van der Waals surface area contributed by atoms with Gasteiger partial charge in [-0.05, 0) is 57.0 Å². The van der Waals surface area contributed by atoms with Crippen molar-refractivity contribution in [2.45, 2.75) is 31.9 Å². The summed E-state index contributed by atoms with van der Waals surface area (Å²) in [6.45, 7) is 1.28. The Hall–Kier alpha value is -3.47. The van der Waals surface area contributed by atoms with Crippen molar-refractivity contribution < 1.29 is 36.6 Å². The lowest BCUT2D eigenvalue weighted by Gasteiger charge is -2.39. The highest BCUT2D eigenvalue weighted by Crippen LogP contribution is 2.41. The van der Waals surface area contributed by atoms with Gasteiger partial charge in [-0.15, -0.1) is 0 Å². The molecule has 3 aromatic rings. The molecule has 1 aliphatic heterocycles. The smallest absolute Gasteiger partial charge is 0.309 e. The zero-order valence-electron chi connectivity index (χ0n) is 20.7. The van der Waals surface area contributed by atoms with Crippen LogP contribution in [0.2, 0.25) is 0 Å². The molecule has 4 rings (SSSR count). The Bertz CT molecular complexity index is 1290. The molecular formula is C27H28F5N3O3. The number of fused-ring (bicyclic) bond motifs is 1. The number of ether oxygens (including phenoxy) is 1. The molecule has 2 N–H and O–H groups in total. The third-order valence-electron chi connectivity index (χ3n) is 7.26. The van der Waals surface area contributed by atoms with Crippen molar-refractivity contribution in [1.82, 2.24) is 9.88 Å². The lowest BCUT2D eigenvalue weighted by molar-refractivity contribution is -0.153. The highest BCUT2D eigenvalue weighted by Gasteiger charge is 2.42. The fourth-order valence-electron chi connectivity index (χ4n) is 4.99. The molecule has 1 unspecified atom stereocenters. The van der Waals surface area contributed by atoms with E-state index in [4.69, 9.17) is 4.74 Å². The third kappa shape index (κ3) is 5.82. The number of nitrogens with one attached hydrogen (secondary N) is 1. The number of hydrogen-bond donors (Lipinski definition) is 2. The van der Waals surface area contributed by atoms with Gasteiger partial charge in [-0.2, -0.15) is 0 Å². The number of benzene rings is 2. The standard InChI is InChI=1S/C27H28F5N3O3/c1-38-17-2-3-23-18(14-17)24(22(32)15-34-23)19(29)4-5-27(26(36)37)6-9-35(10-7-27)11-8-33-25-20(30)12-16(28)13-21(25)31/h2-3,12-15,19,33H,4-11H2,1H3,(H,36,37). The van der Waals surface area contributed by atoms with Gasteiger partial charge in [0.2, 0.25) is 0 Å². The van der Waals surface area contributed by atoms with Gasteiger partial charge in [0.05, 0.1) is 24.2 Å². The van der Waals surface area contributed by atoms with Crippen LogP contribution < -0.4 is 10.1 Å². The number of piperidine rings is 1. The van der Waals surface area contributed by atoms with Crippen molar-refractivity contribution in [2.75, 3.05) is 38.6 Å². The molecule has 11 heteroatoms. The molecule has 0 saturated carbocycles. The molecular weight excluding hydrogens is 509 g/mol. The summed E-state index contributed by atoms with van der Waals surface area (Å²) < 4.78 is 75.9. The first-order valence-corrected chi connectivity index (χ1v) is 12.2. The van der Waals surface area contributed by atoms with Crippen molar-refractivity contribution >= 4 is 22.6 Å². The first-order valence-electron chi connectivity index (χ1n) is 12.2. The maximum absolute atomic E-state index is 15.4. The Labute approximate surface area is 216 Å². The second kappa shape index (κ2) is 11.5. The van der Waals surface area contributed by atoms with E-state index in [-0.39, 0.29) is 43.2 Å². The van der Waals surface area contributed by atoms with Crippen LogP contribution in [0.1, 0.15) is 37.4 Å². The monoisotopic (exact) mass is 537 g/mol. The number of methoxy groups -OCH3 is 1. The summed E-state index contributed by atoms with van der Waals surface area (Å²) in [6.07, 6.45) is -0.492. The van der Waals surface area contributed by atoms with Crippen LogP contribution in [0, 0.1) is 28.7 Å². The number of carboxylic acid groups (broad SMARTS) is 1. The Balaban J connectivity index is 1.37. The van der Waals surface area contributed by atoms with Crippen molar-refractivity contribution in [3.05, 3.63) is 65.4 Å². The molecule has 1 aromatic heterocycles. The number of aromatic nitrogens is 1. The predicted octanol–water partition coefficient (Wildman–Crippen LogP) is 5.87. The maximum atomic E-state index is 15.4. The number of aliphatic carboxylic acids is 1. The number of nitrogens with zero attached hydrogens (tertiary/aromatic N) is 2. The summed E-state index contributed by atoms with van der Waals surface area (Å²) >= 11 is 0. The molecule has 1 fully saturated rings. The van der Waals surface area contributed by atoms with Gasteiger partial charge in [-0.25, -0.2) is 22.0 Å². The number of halogens is 5. The molecule has 2 aromatic carbocycles.